The lowest BCUT2D eigenvalue weighted by Crippen LogP contribution is -2.07. The molecule has 1 aromatic carbocycles. The topological polar surface area (TPSA) is 35.5 Å². The van der Waals surface area contributed by atoms with E-state index in [2.05, 4.69) is 0 Å². The van der Waals surface area contributed by atoms with Crippen LogP contribution in [0.3, 0.4) is 0 Å². The Balaban J connectivity index is 2.94. The molecule has 1 atom stereocenters. The molecule has 0 aliphatic heterocycles. The highest BCUT2D eigenvalue weighted by Gasteiger charge is 2.09. The van der Waals surface area contributed by atoms with Crippen molar-refractivity contribution < 1.29 is 18.7 Å². The zero-order valence-corrected chi connectivity index (χ0v) is 9.14. The first-order valence-corrected chi connectivity index (χ1v) is 4.78. The maximum absolute atomic E-state index is 13.2. The summed E-state index contributed by atoms with van der Waals surface area (Å²) >= 11 is 0. The Hall–Kier alpha value is -1.84. The van der Waals surface area contributed by atoms with Crippen molar-refractivity contribution in [3.63, 3.8) is 0 Å². The highest BCUT2D eigenvalue weighted by atomic mass is 19.1. The number of aldehydes is 1. The number of allylic oxidation sites excluding steroid dienone is 1. The Morgan fingerprint density at radius 3 is 2.69 bits per heavy atom. The molecule has 0 fully saturated rings. The number of benzene rings is 1. The molecule has 0 bridgehead atoms. The molecular weight excluding hydrogens is 211 g/mol. The predicted molar refractivity (Wildman–Crippen MR) is 58.7 cm³/mol. The lowest BCUT2D eigenvalue weighted by atomic mass is 10.2. The summed E-state index contributed by atoms with van der Waals surface area (Å²) in [6.45, 7) is 1.69. The number of ether oxygens (including phenoxy) is 2. The summed E-state index contributed by atoms with van der Waals surface area (Å²) in [7, 11) is 1.45. The summed E-state index contributed by atoms with van der Waals surface area (Å²) in [4.78, 5) is 10.6. The number of halogens is 1. The first-order valence-electron chi connectivity index (χ1n) is 4.78. The lowest BCUT2D eigenvalue weighted by molar-refractivity contribution is 0.107. The molecular formula is C12H13FO3. The van der Waals surface area contributed by atoms with Crippen molar-refractivity contribution in [2.45, 2.75) is 13.3 Å². The number of hydrogen-bond acceptors (Lipinski definition) is 3. The first-order chi connectivity index (χ1) is 7.71. The zero-order chi connectivity index (χ0) is 12.0. The van der Waals surface area contributed by atoms with E-state index in [-0.39, 0.29) is 5.75 Å². The molecule has 0 N–H and O–H groups in total. The molecule has 0 heterocycles. The molecule has 0 aromatic heterocycles. The van der Waals surface area contributed by atoms with Crippen LogP contribution in [0.2, 0.25) is 0 Å². The molecule has 86 valence electrons. The van der Waals surface area contributed by atoms with E-state index in [0.29, 0.717) is 17.6 Å². The minimum absolute atomic E-state index is 0.206. The van der Waals surface area contributed by atoms with Crippen molar-refractivity contribution >= 4 is 6.29 Å². The van der Waals surface area contributed by atoms with Crippen LogP contribution in [-0.4, -0.2) is 19.8 Å². The molecule has 16 heavy (non-hydrogen) atoms. The normalized spacial score (nSPS) is 12.4. The van der Waals surface area contributed by atoms with Gasteiger partial charge in [-0.15, -0.1) is 0 Å². The maximum atomic E-state index is 13.2. The Labute approximate surface area is 93.5 Å². The van der Waals surface area contributed by atoms with Crippen LogP contribution < -0.4 is 9.47 Å². The van der Waals surface area contributed by atoms with Crippen LogP contribution in [0.5, 0.6) is 11.5 Å². The van der Waals surface area contributed by atoms with Gasteiger partial charge in [-0.1, -0.05) is 6.08 Å². The van der Waals surface area contributed by atoms with Crippen LogP contribution in [0, 0.1) is 0 Å². The molecule has 0 saturated heterocycles. The largest absolute Gasteiger partial charge is 0.493 e. The second-order valence-corrected chi connectivity index (χ2v) is 3.02. The standard InChI is InChI=1S/C12H13FO3/c1-3-4-12(13)16-11-7-9(8-14)5-6-10(11)15-2/h3-8,12H,1-2H3/b4-3+. The van der Waals surface area contributed by atoms with Gasteiger partial charge in [0.25, 0.3) is 6.36 Å². The molecule has 1 unspecified atom stereocenters. The number of rotatable bonds is 5. The molecule has 4 heteroatoms. The van der Waals surface area contributed by atoms with Gasteiger partial charge in [0.1, 0.15) is 6.29 Å². The third-order valence-electron chi connectivity index (χ3n) is 1.91. The number of methoxy groups -OCH3 is 1. The van der Waals surface area contributed by atoms with Crippen LogP contribution in [0.1, 0.15) is 17.3 Å². The summed E-state index contributed by atoms with van der Waals surface area (Å²) in [5.41, 5.74) is 0.406. The predicted octanol–water partition coefficient (Wildman–Crippen LogP) is 2.76. The highest BCUT2D eigenvalue weighted by Crippen LogP contribution is 2.28. The third kappa shape index (κ3) is 3.08. The van der Waals surface area contributed by atoms with Gasteiger partial charge >= 0.3 is 0 Å². The van der Waals surface area contributed by atoms with Crippen LogP contribution in [0.15, 0.2) is 30.4 Å². The Morgan fingerprint density at radius 2 is 2.12 bits per heavy atom. The summed E-state index contributed by atoms with van der Waals surface area (Å²) in [6, 6.07) is 4.56. The highest BCUT2D eigenvalue weighted by molar-refractivity contribution is 5.76. The van der Waals surface area contributed by atoms with Crippen LogP contribution in [-0.2, 0) is 0 Å². The van der Waals surface area contributed by atoms with Crippen LogP contribution >= 0.6 is 0 Å². The van der Waals surface area contributed by atoms with Crippen molar-refractivity contribution in [1.82, 2.24) is 0 Å². The second kappa shape index (κ2) is 5.90. The van der Waals surface area contributed by atoms with Gasteiger partial charge < -0.3 is 9.47 Å². The molecule has 0 radical (unpaired) electrons. The molecule has 0 amide bonds. The van der Waals surface area contributed by atoms with E-state index in [9.17, 15) is 9.18 Å². The zero-order valence-electron chi connectivity index (χ0n) is 9.14. The monoisotopic (exact) mass is 224 g/mol. The fourth-order valence-electron chi connectivity index (χ4n) is 1.17. The molecule has 1 rings (SSSR count). The molecule has 0 spiro atoms. The van der Waals surface area contributed by atoms with Gasteiger partial charge in [-0.25, -0.2) is 0 Å². The molecule has 1 aromatic rings. The molecule has 3 nitrogen and oxygen atoms in total. The van der Waals surface area contributed by atoms with Crippen molar-refractivity contribution in [3.05, 3.63) is 35.9 Å². The fourth-order valence-corrected chi connectivity index (χ4v) is 1.17. The Bertz CT molecular complexity index is 388. The van der Waals surface area contributed by atoms with Gasteiger partial charge in [0.05, 0.1) is 7.11 Å². The van der Waals surface area contributed by atoms with E-state index in [4.69, 9.17) is 9.47 Å². The van der Waals surface area contributed by atoms with Gasteiger partial charge in [-0.2, -0.15) is 4.39 Å². The van der Waals surface area contributed by atoms with E-state index in [1.165, 1.54) is 19.3 Å². The van der Waals surface area contributed by atoms with E-state index >= 15 is 0 Å². The number of hydrogen-bond donors (Lipinski definition) is 0. The minimum Gasteiger partial charge on any atom is -0.493 e. The van der Waals surface area contributed by atoms with E-state index < -0.39 is 6.36 Å². The fraction of sp³-hybridized carbons (Fsp3) is 0.250. The summed E-state index contributed by atoms with van der Waals surface area (Å²) in [6.07, 6.45) is 1.91. The van der Waals surface area contributed by atoms with Crippen molar-refractivity contribution in [1.29, 1.82) is 0 Å². The quantitative estimate of drug-likeness (QED) is 0.570. The van der Waals surface area contributed by atoms with E-state index in [1.807, 2.05) is 0 Å². The first kappa shape index (κ1) is 12.2. The molecule has 0 aliphatic rings. The van der Waals surface area contributed by atoms with Gasteiger partial charge in [-0.05, 0) is 31.2 Å². The van der Waals surface area contributed by atoms with Crippen molar-refractivity contribution in [2.24, 2.45) is 0 Å². The van der Waals surface area contributed by atoms with Crippen LogP contribution in [0.4, 0.5) is 4.39 Å². The third-order valence-corrected chi connectivity index (χ3v) is 1.91. The SMILES string of the molecule is C/C=C/C(F)Oc1cc(C=O)ccc1OC. The van der Waals surface area contributed by atoms with E-state index in [0.717, 1.165) is 0 Å². The van der Waals surface area contributed by atoms with E-state index in [1.54, 1.807) is 25.1 Å². The van der Waals surface area contributed by atoms with Gasteiger partial charge in [0, 0.05) is 5.56 Å². The second-order valence-electron chi connectivity index (χ2n) is 3.02. The maximum Gasteiger partial charge on any atom is 0.257 e. The molecule has 0 aliphatic carbocycles. The van der Waals surface area contributed by atoms with Crippen molar-refractivity contribution in [2.75, 3.05) is 7.11 Å². The van der Waals surface area contributed by atoms with Gasteiger partial charge in [0.2, 0.25) is 0 Å². The lowest BCUT2D eigenvalue weighted by Gasteiger charge is -2.12. The average Bonchev–Trinajstić information content (AvgIpc) is 2.29. The Morgan fingerprint density at radius 1 is 1.38 bits per heavy atom. The minimum atomic E-state index is -1.55. The summed E-state index contributed by atoms with van der Waals surface area (Å²) in [5, 5.41) is 0. The summed E-state index contributed by atoms with van der Waals surface area (Å²) < 4.78 is 23.2. The van der Waals surface area contributed by atoms with Gasteiger partial charge in [-0.3, -0.25) is 4.79 Å². The van der Waals surface area contributed by atoms with Crippen LogP contribution in [0.25, 0.3) is 0 Å². The van der Waals surface area contributed by atoms with Gasteiger partial charge in [0.15, 0.2) is 11.5 Å². The summed E-state index contributed by atoms with van der Waals surface area (Å²) in [5.74, 6) is 0.593. The van der Waals surface area contributed by atoms with Crippen molar-refractivity contribution in [3.8, 4) is 11.5 Å². The Kier molecular flexibility index (Phi) is 4.51. The smallest absolute Gasteiger partial charge is 0.257 e. The number of carbonyl (C=O) groups is 1. The average molecular weight is 224 g/mol. The number of alkyl halides is 1. The molecule has 0 saturated carbocycles. The number of carbonyl (C=O) groups excluding carboxylic acids is 1.